The molecule has 0 aromatic heterocycles. The fourth-order valence-electron chi connectivity index (χ4n) is 3.48. The molecular weight excluding hydrogens is 409 g/mol. The number of benzene rings is 2. The zero-order valence-electron chi connectivity index (χ0n) is 16.8. The van der Waals surface area contributed by atoms with Crippen LogP contribution in [0.5, 0.6) is 0 Å². The minimum absolute atomic E-state index is 0.117. The first kappa shape index (κ1) is 21.9. The van der Waals surface area contributed by atoms with Crippen molar-refractivity contribution in [3.8, 4) is 0 Å². The van der Waals surface area contributed by atoms with E-state index in [1.165, 1.54) is 47.4 Å². The number of hydrogen-bond acceptors (Lipinski definition) is 4. The van der Waals surface area contributed by atoms with Gasteiger partial charge < -0.3 is 10.2 Å². The van der Waals surface area contributed by atoms with E-state index in [1.54, 1.807) is 0 Å². The minimum atomic E-state index is -3.63. The lowest BCUT2D eigenvalue weighted by molar-refractivity contribution is -0.137. The van der Waals surface area contributed by atoms with Crippen molar-refractivity contribution in [3.05, 3.63) is 65.5 Å². The molecule has 3 rings (SSSR count). The molecule has 9 heteroatoms. The van der Waals surface area contributed by atoms with E-state index in [0.717, 1.165) is 11.1 Å². The van der Waals surface area contributed by atoms with E-state index >= 15 is 0 Å². The van der Waals surface area contributed by atoms with Crippen molar-refractivity contribution < 1.29 is 22.4 Å². The summed E-state index contributed by atoms with van der Waals surface area (Å²) in [5.74, 6) is -1.57. The average molecular weight is 434 g/mol. The molecule has 0 fully saturated rings. The van der Waals surface area contributed by atoms with Gasteiger partial charge in [-0.2, -0.15) is 4.31 Å². The SMILES string of the molecule is CCS(=O)(=O)N1Cc2ccccc2C[C@@H]1C(=O)N(C)CC(=O)Nc1cccc(F)c1. The third kappa shape index (κ3) is 4.85. The summed E-state index contributed by atoms with van der Waals surface area (Å²) in [7, 11) is -2.18. The first-order chi connectivity index (χ1) is 14.2. The van der Waals surface area contributed by atoms with Crippen molar-refractivity contribution in [2.45, 2.75) is 25.9 Å². The lowest BCUT2D eigenvalue weighted by Gasteiger charge is -2.36. The van der Waals surface area contributed by atoms with Gasteiger partial charge in [0.1, 0.15) is 11.9 Å². The standard InChI is InChI=1S/C21H24FN3O4S/c1-3-30(28,29)25-13-16-8-5-4-7-15(16)11-19(25)21(27)24(2)14-20(26)23-18-10-6-9-17(22)12-18/h4-10,12,19H,3,11,13-14H2,1-2H3,(H,23,26)/t19-/m1/s1. The van der Waals surface area contributed by atoms with Gasteiger partial charge in [-0.25, -0.2) is 12.8 Å². The Bertz CT molecular complexity index is 1060. The lowest BCUT2D eigenvalue weighted by Crippen LogP contribution is -2.54. The molecule has 1 heterocycles. The summed E-state index contributed by atoms with van der Waals surface area (Å²) in [6.45, 7) is 1.37. The van der Waals surface area contributed by atoms with E-state index in [-0.39, 0.29) is 31.0 Å². The Balaban J connectivity index is 1.76. The smallest absolute Gasteiger partial charge is 0.243 e. The summed E-state index contributed by atoms with van der Waals surface area (Å²) >= 11 is 0. The molecule has 0 aliphatic carbocycles. The number of carbonyl (C=O) groups excluding carboxylic acids is 2. The third-order valence-corrected chi connectivity index (χ3v) is 6.91. The van der Waals surface area contributed by atoms with Crippen LogP contribution in [0.15, 0.2) is 48.5 Å². The van der Waals surface area contributed by atoms with Crippen LogP contribution < -0.4 is 5.32 Å². The highest BCUT2D eigenvalue weighted by Gasteiger charge is 2.39. The van der Waals surface area contributed by atoms with Crippen LogP contribution in [0.1, 0.15) is 18.1 Å². The Morgan fingerprint density at radius 1 is 1.17 bits per heavy atom. The quantitative estimate of drug-likeness (QED) is 0.755. The van der Waals surface area contributed by atoms with Crippen molar-refractivity contribution in [3.63, 3.8) is 0 Å². The van der Waals surface area contributed by atoms with E-state index in [1.807, 2.05) is 24.3 Å². The number of halogens is 1. The number of nitrogens with zero attached hydrogens (tertiary/aromatic N) is 2. The number of amides is 2. The molecule has 0 saturated carbocycles. The average Bonchev–Trinajstić information content (AvgIpc) is 2.72. The van der Waals surface area contributed by atoms with E-state index in [9.17, 15) is 22.4 Å². The second-order valence-corrected chi connectivity index (χ2v) is 9.40. The van der Waals surface area contributed by atoms with Crippen LogP contribution in [0, 0.1) is 5.82 Å². The van der Waals surface area contributed by atoms with Gasteiger partial charge in [0.25, 0.3) is 0 Å². The molecule has 0 bridgehead atoms. The van der Waals surface area contributed by atoms with Crippen molar-refractivity contribution in [2.75, 3.05) is 24.7 Å². The molecular formula is C21H24FN3O4S. The molecule has 30 heavy (non-hydrogen) atoms. The highest BCUT2D eigenvalue weighted by Crippen LogP contribution is 2.27. The van der Waals surface area contributed by atoms with E-state index in [0.29, 0.717) is 0 Å². The fraction of sp³-hybridized carbons (Fsp3) is 0.333. The monoisotopic (exact) mass is 433 g/mol. The Morgan fingerprint density at radius 2 is 1.87 bits per heavy atom. The van der Waals surface area contributed by atoms with Gasteiger partial charge in [0.05, 0.1) is 12.3 Å². The Labute approximate surface area is 175 Å². The molecule has 1 aliphatic rings. The Kier molecular flexibility index (Phi) is 6.52. The van der Waals surface area contributed by atoms with Gasteiger partial charge in [-0.15, -0.1) is 0 Å². The molecule has 2 aromatic rings. The summed E-state index contributed by atoms with van der Waals surface area (Å²) in [6.07, 6.45) is 0.240. The molecule has 1 aliphatic heterocycles. The van der Waals surface area contributed by atoms with E-state index in [4.69, 9.17) is 0 Å². The van der Waals surface area contributed by atoms with Crippen molar-refractivity contribution in [1.29, 1.82) is 0 Å². The van der Waals surface area contributed by atoms with Gasteiger partial charge in [-0.1, -0.05) is 30.3 Å². The molecule has 0 unspecified atom stereocenters. The molecule has 1 N–H and O–H groups in total. The van der Waals surface area contributed by atoms with E-state index in [2.05, 4.69) is 5.32 Å². The number of rotatable bonds is 6. The number of likely N-dealkylation sites (N-methyl/N-ethyl adjacent to an activating group) is 1. The van der Waals surface area contributed by atoms with Crippen LogP contribution in [0.2, 0.25) is 0 Å². The second-order valence-electron chi connectivity index (χ2n) is 7.19. The van der Waals surface area contributed by atoms with Crippen molar-refractivity contribution >= 4 is 27.5 Å². The molecule has 7 nitrogen and oxygen atoms in total. The van der Waals surface area contributed by atoms with Crippen molar-refractivity contribution in [1.82, 2.24) is 9.21 Å². The number of hydrogen-bond donors (Lipinski definition) is 1. The summed E-state index contributed by atoms with van der Waals surface area (Å²) in [4.78, 5) is 26.6. The molecule has 0 spiro atoms. The third-order valence-electron chi connectivity index (χ3n) is 5.08. The van der Waals surface area contributed by atoms with Gasteiger partial charge in [-0.3, -0.25) is 9.59 Å². The Morgan fingerprint density at radius 3 is 2.53 bits per heavy atom. The first-order valence-electron chi connectivity index (χ1n) is 9.58. The minimum Gasteiger partial charge on any atom is -0.335 e. The van der Waals surface area contributed by atoms with Crippen LogP contribution in [0.3, 0.4) is 0 Å². The van der Waals surface area contributed by atoms with Crippen molar-refractivity contribution in [2.24, 2.45) is 0 Å². The maximum atomic E-state index is 13.3. The molecule has 0 radical (unpaired) electrons. The number of nitrogens with one attached hydrogen (secondary N) is 1. The number of sulfonamides is 1. The summed E-state index contributed by atoms with van der Waals surface area (Å²) in [6, 6.07) is 11.9. The molecule has 2 amide bonds. The van der Waals surface area contributed by atoms with Gasteiger partial charge in [0, 0.05) is 19.3 Å². The number of fused-ring (bicyclic) bond motifs is 1. The van der Waals surface area contributed by atoms with Gasteiger partial charge in [-0.05, 0) is 42.7 Å². The topological polar surface area (TPSA) is 86.8 Å². The maximum Gasteiger partial charge on any atom is 0.243 e. The normalized spacial score (nSPS) is 16.6. The fourth-order valence-corrected chi connectivity index (χ4v) is 4.70. The van der Waals surface area contributed by atoms with Crippen LogP contribution in [0.25, 0.3) is 0 Å². The predicted molar refractivity (Wildman–Crippen MR) is 112 cm³/mol. The molecule has 2 aromatic carbocycles. The zero-order valence-corrected chi connectivity index (χ0v) is 17.7. The highest BCUT2D eigenvalue weighted by molar-refractivity contribution is 7.89. The lowest BCUT2D eigenvalue weighted by atomic mass is 9.95. The van der Waals surface area contributed by atoms with Crippen LogP contribution in [-0.2, 0) is 32.6 Å². The molecule has 1 atom stereocenters. The first-order valence-corrected chi connectivity index (χ1v) is 11.2. The van der Waals surface area contributed by atoms with Gasteiger partial charge in [0.15, 0.2) is 0 Å². The Hall–Kier alpha value is -2.78. The van der Waals surface area contributed by atoms with Crippen LogP contribution in [-0.4, -0.2) is 54.8 Å². The largest absolute Gasteiger partial charge is 0.335 e. The zero-order chi connectivity index (χ0) is 21.9. The molecule has 0 saturated heterocycles. The highest BCUT2D eigenvalue weighted by atomic mass is 32.2. The van der Waals surface area contributed by atoms with E-state index < -0.39 is 33.7 Å². The second kappa shape index (κ2) is 8.93. The van der Waals surface area contributed by atoms with Gasteiger partial charge >= 0.3 is 0 Å². The summed E-state index contributed by atoms with van der Waals surface area (Å²) in [5.41, 5.74) is 2.06. The van der Waals surface area contributed by atoms with Crippen LogP contribution in [0.4, 0.5) is 10.1 Å². The van der Waals surface area contributed by atoms with Crippen LogP contribution >= 0.6 is 0 Å². The molecule has 160 valence electrons. The maximum absolute atomic E-state index is 13.3. The van der Waals surface area contributed by atoms with Gasteiger partial charge in [0.2, 0.25) is 21.8 Å². The summed E-state index contributed by atoms with van der Waals surface area (Å²) < 4.78 is 39.8. The predicted octanol–water partition coefficient (Wildman–Crippen LogP) is 2.00. The summed E-state index contributed by atoms with van der Waals surface area (Å²) in [5, 5.41) is 2.54. The number of anilines is 1. The number of carbonyl (C=O) groups is 2.